The highest BCUT2D eigenvalue weighted by Gasteiger charge is 2.22. The van der Waals surface area contributed by atoms with Gasteiger partial charge >= 0.3 is 11.9 Å². The molecule has 8 nitrogen and oxygen atoms in total. The molecule has 0 aliphatic heterocycles. The summed E-state index contributed by atoms with van der Waals surface area (Å²) >= 11 is 6.05. The van der Waals surface area contributed by atoms with Crippen molar-refractivity contribution in [3.05, 3.63) is 52.3 Å². The van der Waals surface area contributed by atoms with Gasteiger partial charge in [0, 0.05) is 17.6 Å². The summed E-state index contributed by atoms with van der Waals surface area (Å²) in [6.07, 6.45) is 0.356. The van der Waals surface area contributed by atoms with E-state index in [2.05, 4.69) is 10.2 Å². The first-order valence-electron chi connectivity index (χ1n) is 6.91. The number of amides is 1. The number of carboxylic acids is 2. The fourth-order valence-electron chi connectivity index (χ4n) is 2.08. The van der Waals surface area contributed by atoms with E-state index < -0.39 is 24.4 Å². The molecule has 2 aromatic rings. The zero-order chi connectivity index (χ0) is 17.7. The van der Waals surface area contributed by atoms with Gasteiger partial charge in [-0.3, -0.25) is 14.7 Å². The highest BCUT2D eigenvalue weighted by atomic mass is 35.5. The summed E-state index contributed by atoms with van der Waals surface area (Å²) in [5, 5.41) is 24.2. The van der Waals surface area contributed by atoms with Gasteiger partial charge in [-0.15, -0.1) is 0 Å². The lowest BCUT2D eigenvalue weighted by molar-refractivity contribution is -0.137. The summed E-state index contributed by atoms with van der Waals surface area (Å²) in [5.41, 5.74) is 0.364. The zero-order valence-electron chi connectivity index (χ0n) is 12.4. The molecule has 0 saturated carbocycles. The van der Waals surface area contributed by atoms with Crippen LogP contribution in [-0.2, 0) is 11.2 Å². The van der Waals surface area contributed by atoms with Crippen LogP contribution >= 0.6 is 11.6 Å². The Balaban J connectivity index is 2.14. The van der Waals surface area contributed by atoms with Crippen molar-refractivity contribution in [1.29, 1.82) is 0 Å². The second-order valence-corrected chi connectivity index (χ2v) is 5.34. The number of halogens is 1. The van der Waals surface area contributed by atoms with Gasteiger partial charge in [0.25, 0.3) is 5.91 Å². The quantitative estimate of drug-likeness (QED) is 0.695. The normalized spacial score (nSPS) is 10.4. The number of aromatic carboxylic acids is 1. The van der Waals surface area contributed by atoms with Crippen LogP contribution in [0.5, 0.6) is 0 Å². The van der Waals surface area contributed by atoms with Crippen molar-refractivity contribution in [3.8, 4) is 0 Å². The van der Waals surface area contributed by atoms with E-state index in [0.717, 1.165) is 16.5 Å². The first kappa shape index (κ1) is 17.5. The molecule has 126 valence electrons. The van der Waals surface area contributed by atoms with Gasteiger partial charge in [-0.25, -0.2) is 4.79 Å². The van der Waals surface area contributed by atoms with Crippen LogP contribution in [0.3, 0.4) is 0 Å². The van der Waals surface area contributed by atoms with E-state index in [1.54, 1.807) is 24.3 Å². The second-order valence-electron chi connectivity index (χ2n) is 4.93. The zero-order valence-corrected chi connectivity index (χ0v) is 13.2. The van der Waals surface area contributed by atoms with Crippen LogP contribution in [0.1, 0.15) is 26.5 Å². The maximum absolute atomic E-state index is 12.4. The largest absolute Gasteiger partial charge is 0.480 e. The Hall–Kier alpha value is -2.87. The van der Waals surface area contributed by atoms with Crippen LogP contribution < -0.4 is 0 Å². The highest BCUT2D eigenvalue weighted by molar-refractivity contribution is 6.31. The van der Waals surface area contributed by atoms with Gasteiger partial charge in [-0.05, 0) is 18.1 Å². The number of hydrogen-bond donors (Lipinski definition) is 3. The smallest absolute Gasteiger partial charge is 0.353 e. The first-order valence-corrected chi connectivity index (χ1v) is 7.29. The number of benzene rings is 1. The third-order valence-electron chi connectivity index (χ3n) is 3.25. The first-order chi connectivity index (χ1) is 11.4. The molecule has 2 rings (SSSR count). The Morgan fingerprint density at radius 1 is 1.21 bits per heavy atom. The van der Waals surface area contributed by atoms with E-state index in [1.165, 1.54) is 0 Å². The molecule has 1 aromatic heterocycles. The van der Waals surface area contributed by atoms with Crippen LogP contribution in [0.2, 0.25) is 5.02 Å². The van der Waals surface area contributed by atoms with Crippen LogP contribution in [0.25, 0.3) is 0 Å². The third kappa shape index (κ3) is 4.32. The molecule has 0 spiro atoms. The predicted octanol–water partition coefficient (Wildman–Crippen LogP) is 1.53. The molecular weight excluding hydrogens is 338 g/mol. The molecule has 24 heavy (non-hydrogen) atoms. The van der Waals surface area contributed by atoms with E-state index >= 15 is 0 Å². The highest BCUT2D eigenvalue weighted by Crippen LogP contribution is 2.16. The Morgan fingerprint density at radius 3 is 2.50 bits per heavy atom. The fraction of sp³-hybridized carbons (Fsp3) is 0.200. The molecule has 1 heterocycles. The number of hydrogen-bond acceptors (Lipinski definition) is 4. The van der Waals surface area contributed by atoms with Crippen molar-refractivity contribution in [2.24, 2.45) is 0 Å². The average Bonchev–Trinajstić information content (AvgIpc) is 3.02. The molecule has 0 atom stereocenters. The minimum Gasteiger partial charge on any atom is -0.480 e. The molecule has 9 heteroatoms. The van der Waals surface area contributed by atoms with Gasteiger partial charge in [0.2, 0.25) is 0 Å². The second kappa shape index (κ2) is 7.60. The Bertz CT molecular complexity index is 774. The molecule has 0 fully saturated rings. The molecule has 0 unspecified atom stereocenters. The minimum absolute atomic E-state index is 0.101. The summed E-state index contributed by atoms with van der Waals surface area (Å²) in [4.78, 5) is 35.3. The van der Waals surface area contributed by atoms with Crippen LogP contribution in [-0.4, -0.2) is 56.2 Å². The number of nitrogens with one attached hydrogen (secondary N) is 1. The lowest BCUT2D eigenvalue weighted by atomic mass is 10.1. The topological polar surface area (TPSA) is 124 Å². The molecule has 1 aromatic carbocycles. The molecule has 0 aliphatic rings. The van der Waals surface area contributed by atoms with E-state index in [1.807, 2.05) is 0 Å². The predicted molar refractivity (Wildman–Crippen MR) is 84.2 cm³/mol. The van der Waals surface area contributed by atoms with Crippen molar-refractivity contribution in [2.45, 2.75) is 6.42 Å². The lowest BCUT2D eigenvalue weighted by Gasteiger charge is -2.19. The van der Waals surface area contributed by atoms with Gasteiger partial charge in [0.1, 0.15) is 12.2 Å². The standard InChI is InChI=1S/C15H14ClN3O5/c16-10-4-2-1-3-9(10)5-6-19(8-13(20)21)14(22)11-7-12(15(23)24)18-17-11/h1-4,7H,5-6,8H2,(H,17,18)(H,20,21)(H,23,24). The van der Waals surface area contributed by atoms with Crippen LogP contribution in [0.4, 0.5) is 0 Å². The summed E-state index contributed by atoms with van der Waals surface area (Å²) in [5.74, 6) is -3.12. The van der Waals surface area contributed by atoms with Gasteiger partial charge in [-0.1, -0.05) is 29.8 Å². The van der Waals surface area contributed by atoms with Crippen molar-refractivity contribution in [3.63, 3.8) is 0 Å². The SMILES string of the molecule is O=C(O)CN(CCc1ccccc1Cl)C(=O)c1cc(C(=O)O)[nH]n1. The number of nitrogens with zero attached hydrogens (tertiary/aromatic N) is 2. The number of carbonyl (C=O) groups excluding carboxylic acids is 1. The summed E-state index contributed by atoms with van der Waals surface area (Å²) in [7, 11) is 0. The number of H-pyrrole nitrogens is 1. The number of rotatable bonds is 7. The maximum Gasteiger partial charge on any atom is 0.353 e. The Labute approximate surface area is 141 Å². The number of aromatic amines is 1. The van der Waals surface area contributed by atoms with Gasteiger partial charge in [0.15, 0.2) is 5.69 Å². The van der Waals surface area contributed by atoms with Crippen molar-refractivity contribution in [1.82, 2.24) is 15.1 Å². The van der Waals surface area contributed by atoms with E-state index in [-0.39, 0.29) is 17.9 Å². The van der Waals surface area contributed by atoms with Gasteiger partial charge < -0.3 is 15.1 Å². The molecule has 0 radical (unpaired) electrons. The minimum atomic E-state index is -1.26. The Morgan fingerprint density at radius 2 is 1.92 bits per heavy atom. The monoisotopic (exact) mass is 351 g/mol. The molecule has 0 saturated heterocycles. The average molecular weight is 352 g/mol. The maximum atomic E-state index is 12.4. The van der Waals surface area contributed by atoms with Crippen LogP contribution in [0.15, 0.2) is 30.3 Å². The number of aliphatic carboxylic acids is 1. The molecule has 0 aliphatic carbocycles. The fourth-order valence-corrected chi connectivity index (χ4v) is 2.31. The van der Waals surface area contributed by atoms with Gasteiger partial charge in [-0.2, -0.15) is 5.10 Å². The summed E-state index contributed by atoms with van der Waals surface area (Å²) < 4.78 is 0. The molecule has 3 N–H and O–H groups in total. The summed E-state index contributed by atoms with van der Waals surface area (Å²) in [6, 6.07) is 8.10. The molecule has 0 bridgehead atoms. The van der Waals surface area contributed by atoms with Crippen molar-refractivity contribution < 1.29 is 24.6 Å². The third-order valence-corrected chi connectivity index (χ3v) is 3.62. The van der Waals surface area contributed by atoms with E-state index in [9.17, 15) is 14.4 Å². The van der Waals surface area contributed by atoms with Crippen LogP contribution in [0, 0.1) is 0 Å². The lowest BCUT2D eigenvalue weighted by Crippen LogP contribution is -2.37. The van der Waals surface area contributed by atoms with Crippen molar-refractivity contribution >= 4 is 29.4 Å². The Kier molecular flexibility index (Phi) is 5.54. The molecule has 1 amide bonds. The van der Waals surface area contributed by atoms with E-state index in [4.69, 9.17) is 21.8 Å². The van der Waals surface area contributed by atoms with Crippen molar-refractivity contribution in [2.75, 3.05) is 13.1 Å². The number of aromatic nitrogens is 2. The number of carbonyl (C=O) groups is 3. The summed E-state index contributed by atoms with van der Waals surface area (Å²) in [6.45, 7) is -0.428. The van der Waals surface area contributed by atoms with E-state index in [0.29, 0.717) is 11.4 Å². The molecular formula is C15H14ClN3O5. The number of carboxylic acid groups (broad SMARTS) is 2. The van der Waals surface area contributed by atoms with Gasteiger partial charge in [0.05, 0.1) is 0 Å².